The molecule has 0 spiro atoms. The molecule has 1 unspecified atom stereocenters. The highest BCUT2D eigenvalue weighted by Gasteiger charge is 2.22. The predicted molar refractivity (Wildman–Crippen MR) is 125 cm³/mol. The molecule has 1 aliphatic rings. The Morgan fingerprint density at radius 1 is 1.23 bits per heavy atom. The third kappa shape index (κ3) is 11.0. The summed E-state index contributed by atoms with van der Waals surface area (Å²) >= 11 is 0. The van der Waals surface area contributed by atoms with Crippen molar-refractivity contribution >= 4 is 12.2 Å². The van der Waals surface area contributed by atoms with Gasteiger partial charge in [0, 0.05) is 24.9 Å². The van der Waals surface area contributed by atoms with Gasteiger partial charge in [0.25, 0.3) is 0 Å². The lowest BCUT2D eigenvalue weighted by Gasteiger charge is -2.29. The van der Waals surface area contributed by atoms with Crippen LogP contribution in [0, 0.1) is 17.8 Å². The fourth-order valence-electron chi connectivity index (χ4n) is 4.24. The van der Waals surface area contributed by atoms with E-state index in [4.69, 9.17) is 10.5 Å². The molecule has 0 aromatic heterocycles. The summed E-state index contributed by atoms with van der Waals surface area (Å²) in [5, 5.41) is 9.29. The highest BCUT2D eigenvalue weighted by Crippen LogP contribution is 2.35. The first-order chi connectivity index (χ1) is 14.5. The molecule has 30 heavy (non-hydrogen) atoms. The summed E-state index contributed by atoms with van der Waals surface area (Å²) < 4.78 is 5.18. The maximum atomic E-state index is 11.5. The van der Waals surface area contributed by atoms with Crippen LogP contribution < -0.4 is 5.73 Å². The highest BCUT2D eigenvalue weighted by molar-refractivity contribution is 5.86. The molecule has 3 N–H and O–H groups in total. The average molecular weight is 421 g/mol. The third-order valence-corrected chi connectivity index (χ3v) is 6.28. The van der Waals surface area contributed by atoms with E-state index in [1.807, 2.05) is 6.21 Å². The minimum absolute atomic E-state index is 0.137. The molecule has 0 radical (unpaired) electrons. The number of esters is 1. The van der Waals surface area contributed by atoms with Crippen LogP contribution in [-0.4, -0.2) is 37.0 Å². The Hall–Kier alpha value is -1.62. The molecule has 5 nitrogen and oxygen atoms in total. The topological polar surface area (TPSA) is 84.9 Å². The zero-order valence-electron chi connectivity index (χ0n) is 19.3. The van der Waals surface area contributed by atoms with Gasteiger partial charge in [0.15, 0.2) is 0 Å². The second-order valence-corrected chi connectivity index (χ2v) is 8.79. The van der Waals surface area contributed by atoms with Crippen molar-refractivity contribution in [3.63, 3.8) is 0 Å². The lowest BCUT2D eigenvalue weighted by atomic mass is 9.77. The minimum atomic E-state index is -0.353. The molecule has 1 rings (SSSR count). The summed E-state index contributed by atoms with van der Waals surface area (Å²) in [5.41, 5.74) is 7.48. The van der Waals surface area contributed by atoms with Gasteiger partial charge in [-0.15, -0.1) is 0 Å². The monoisotopic (exact) mass is 420 g/mol. The van der Waals surface area contributed by atoms with Gasteiger partial charge in [-0.25, -0.2) is 4.79 Å². The lowest BCUT2D eigenvalue weighted by molar-refractivity contribution is -0.139. The van der Waals surface area contributed by atoms with Crippen LogP contribution in [0.25, 0.3) is 0 Å². The molecule has 1 atom stereocenters. The van der Waals surface area contributed by atoms with Gasteiger partial charge < -0.3 is 15.6 Å². The van der Waals surface area contributed by atoms with Gasteiger partial charge in [-0.3, -0.25) is 4.99 Å². The van der Waals surface area contributed by atoms with E-state index in [0.29, 0.717) is 31.1 Å². The molecular weight excluding hydrogens is 376 g/mol. The summed E-state index contributed by atoms with van der Waals surface area (Å²) in [7, 11) is 0. The number of carbonyl (C=O) groups is 1. The molecule has 1 saturated carbocycles. The van der Waals surface area contributed by atoms with Crippen LogP contribution in [0.2, 0.25) is 0 Å². The van der Waals surface area contributed by atoms with Crippen molar-refractivity contribution in [1.82, 2.24) is 0 Å². The first kappa shape index (κ1) is 26.4. The average Bonchev–Trinajstić information content (AvgIpc) is 2.74. The Bertz CT molecular complexity index is 549. The maximum Gasteiger partial charge on any atom is 0.333 e. The van der Waals surface area contributed by atoms with Gasteiger partial charge in [-0.2, -0.15) is 0 Å². The molecule has 0 aliphatic heterocycles. The lowest BCUT2D eigenvalue weighted by Crippen LogP contribution is -2.18. The molecule has 0 aromatic carbocycles. The second kappa shape index (κ2) is 16.1. The van der Waals surface area contributed by atoms with Gasteiger partial charge >= 0.3 is 5.97 Å². The number of ether oxygens (including phenoxy) is 1. The number of carbonyl (C=O) groups excluding carboxylic acids is 1. The zero-order valence-corrected chi connectivity index (χ0v) is 19.3. The number of hydrogen-bond acceptors (Lipinski definition) is 5. The number of aliphatic hydroxyl groups is 1. The van der Waals surface area contributed by atoms with E-state index in [1.54, 1.807) is 13.1 Å². The third-order valence-electron chi connectivity index (χ3n) is 6.28. The van der Waals surface area contributed by atoms with Crippen molar-refractivity contribution in [3.05, 3.63) is 23.9 Å². The quantitative estimate of drug-likeness (QED) is 0.165. The summed E-state index contributed by atoms with van der Waals surface area (Å²) in [6.07, 6.45) is 16.4. The number of aliphatic hydroxyl groups excluding tert-OH is 1. The Kier molecular flexibility index (Phi) is 14.2. The summed E-state index contributed by atoms with van der Waals surface area (Å²) in [6, 6.07) is 0. The van der Waals surface area contributed by atoms with Crippen molar-refractivity contribution in [1.29, 1.82) is 0 Å². The van der Waals surface area contributed by atoms with Crippen LogP contribution in [-0.2, 0) is 9.53 Å². The number of unbranched alkanes of at least 4 members (excludes halogenated alkanes) is 2. The van der Waals surface area contributed by atoms with Crippen molar-refractivity contribution in [2.24, 2.45) is 28.5 Å². The van der Waals surface area contributed by atoms with E-state index < -0.39 is 0 Å². The Balaban J connectivity index is 2.35. The first-order valence-electron chi connectivity index (χ1n) is 11.9. The van der Waals surface area contributed by atoms with Gasteiger partial charge in [-0.05, 0) is 81.4 Å². The molecular formula is C25H44N2O3. The number of nitrogens with two attached hydrogens (primary N) is 1. The molecule has 0 aromatic rings. The Morgan fingerprint density at radius 3 is 2.57 bits per heavy atom. The van der Waals surface area contributed by atoms with Crippen LogP contribution in [0.15, 0.2) is 28.9 Å². The molecule has 0 heterocycles. The van der Waals surface area contributed by atoms with E-state index in [9.17, 15) is 9.90 Å². The molecule has 172 valence electrons. The van der Waals surface area contributed by atoms with Crippen molar-refractivity contribution in [2.45, 2.75) is 84.5 Å². The maximum absolute atomic E-state index is 11.5. The second-order valence-electron chi connectivity index (χ2n) is 8.79. The largest absolute Gasteiger partial charge is 0.462 e. The van der Waals surface area contributed by atoms with E-state index in [1.165, 1.54) is 51.4 Å². The molecule has 5 heteroatoms. The van der Waals surface area contributed by atoms with Gasteiger partial charge in [0.1, 0.15) is 0 Å². The normalized spacial score (nSPS) is 21.0. The number of hydrogen-bond donors (Lipinski definition) is 2. The van der Waals surface area contributed by atoms with Crippen LogP contribution in [0.1, 0.15) is 84.5 Å². The fraction of sp³-hybridized carbons (Fsp3) is 0.760. The zero-order chi connectivity index (χ0) is 22.2. The minimum Gasteiger partial charge on any atom is -0.462 e. The van der Waals surface area contributed by atoms with E-state index in [0.717, 1.165) is 24.3 Å². The van der Waals surface area contributed by atoms with Crippen molar-refractivity contribution in [2.75, 3.05) is 19.8 Å². The number of aliphatic imine (C=N–C) groups is 1. The molecule has 0 amide bonds. The molecule has 0 bridgehead atoms. The van der Waals surface area contributed by atoms with Gasteiger partial charge in [-0.1, -0.05) is 39.2 Å². The molecule has 1 aliphatic carbocycles. The molecule has 0 saturated heterocycles. The smallest absolute Gasteiger partial charge is 0.333 e. The highest BCUT2D eigenvalue weighted by atomic mass is 16.5. The van der Waals surface area contributed by atoms with Crippen LogP contribution >= 0.6 is 0 Å². The number of nitrogens with zero attached hydrogens (tertiary/aromatic N) is 1. The van der Waals surface area contributed by atoms with Gasteiger partial charge in [0.2, 0.25) is 0 Å². The van der Waals surface area contributed by atoms with Crippen molar-refractivity contribution in [3.8, 4) is 0 Å². The van der Waals surface area contributed by atoms with Crippen LogP contribution in [0.3, 0.4) is 0 Å². The van der Waals surface area contributed by atoms with Crippen LogP contribution in [0.4, 0.5) is 0 Å². The van der Waals surface area contributed by atoms with Gasteiger partial charge in [0.05, 0.1) is 6.61 Å². The van der Waals surface area contributed by atoms with E-state index >= 15 is 0 Å². The Morgan fingerprint density at radius 2 is 1.97 bits per heavy atom. The van der Waals surface area contributed by atoms with E-state index in [-0.39, 0.29) is 18.5 Å². The SMILES string of the molecule is C=C(C)C(=O)OCCC(CCO)CCN=C/C(=C\N)C1CCC(CCCCC)CC1. The molecule has 1 fully saturated rings. The van der Waals surface area contributed by atoms with E-state index in [2.05, 4.69) is 18.5 Å². The summed E-state index contributed by atoms with van der Waals surface area (Å²) in [5.74, 6) is 1.36. The number of rotatable bonds is 15. The predicted octanol–water partition coefficient (Wildman–Crippen LogP) is 5.18. The first-order valence-corrected chi connectivity index (χ1v) is 11.9. The standard InChI is InChI=1S/C25H44N2O3/c1-4-5-6-7-21-8-10-23(11-9-21)24(18-26)19-27-15-12-22(13-16-28)14-17-30-25(29)20(2)3/h18-19,21-23,28H,2,4-17,26H2,1,3H3/b24-18+,27-19?. The summed E-state index contributed by atoms with van der Waals surface area (Å²) in [6.45, 7) is 8.68. The number of allylic oxidation sites excluding steroid dienone is 1. The van der Waals surface area contributed by atoms with Crippen molar-refractivity contribution < 1.29 is 14.6 Å². The van der Waals surface area contributed by atoms with Crippen LogP contribution in [0.5, 0.6) is 0 Å². The summed E-state index contributed by atoms with van der Waals surface area (Å²) in [4.78, 5) is 16.1. The fourth-order valence-corrected chi connectivity index (χ4v) is 4.24. The Labute approximate surface area is 183 Å².